The number of nitrogens with zero attached hydrogens (tertiary/aromatic N) is 5. The van der Waals surface area contributed by atoms with Crippen LogP contribution in [0.25, 0.3) is 10.2 Å². The summed E-state index contributed by atoms with van der Waals surface area (Å²) in [4.78, 5) is 27.9. The summed E-state index contributed by atoms with van der Waals surface area (Å²) in [5, 5.41) is 25.4. The first kappa shape index (κ1) is 20.7. The smallest absolute Gasteiger partial charge is 0.433 e. The fraction of sp³-hybridized carbons (Fsp3) is 0.0476. The molecule has 2 aromatic carbocycles. The molecule has 4 rings (SSSR count). The Balaban J connectivity index is 1.74. The number of benzene rings is 2. The molecule has 1 amide bonds. The minimum absolute atomic E-state index is 0.0945. The van der Waals surface area contributed by atoms with E-state index in [0.717, 1.165) is 9.71 Å². The Morgan fingerprint density at radius 2 is 2.06 bits per heavy atom. The molecular formula is C21H13N5O5S. The molecule has 0 bridgehead atoms. The molecule has 0 aliphatic heterocycles. The van der Waals surface area contributed by atoms with Crippen molar-refractivity contribution in [1.29, 1.82) is 5.26 Å². The van der Waals surface area contributed by atoms with E-state index < -0.39 is 16.7 Å². The molecule has 2 aromatic heterocycles. The molecule has 0 atom stereocenters. The Morgan fingerprint density at radius 3 is 2.72 bits per heavy atom. The molecule has 0 fully saturated rings. The van der Waals surface area contributed by atoms with Crippen LogP contribution in [0.4, 0.5) is 11.0 Å². The predicted molar refractivity (Wildman–Crippen MR) is 117 cm³/mol. The maximum absolute atomic E-state index is 13.2. The molecule has 2 heterocycles. The number of fused-ring (bicyclic) bond motifs is 1. The lowest BCUT2D eigenvalue weighted by molar-refractivity contribution is -0.402. The van der Waals surface area contributed by atoms with Crippen molar-refractivity contribution in [3.63, 3.8) is 0 Å². The van der Waals surface area contributed by atoms with Gasteiger partial charge in [0.2, 0.25) is 5.13 Å². The van der Waals surface area contributed by atoms with E-state index in [1.165, 1.54) is 53.9 Å². The first-order chi connectivity index (χ1) is 15.5. The van der Waals surface area contributed by atoms with Crippen LogP contribution in [-0.2, 0) is 0 Å². The van der Waals surface area contributed by atoms with Gasteiger partial charge in [-0.3, -0.25) is 14.9 Å². The molecule has 0 N–H and O–H groups in total. The van der Waals surface area contributed by atoms with Crippen LogP contribution in [0, 0.1) is 21.4 Å². The van der Waals surface area contributed by atoms with E-state index >= 15 is 0 Å². The van der Waals surface area contributed by atoms with E-state index in [0.29, 0.717) is 16.8 Å². The van der Waals surface area contributed by atoms with Crippen LogP contribution in [0.5, 0.6) is 5.75 Å². The van der Waals surface area contributed by atoms with Gasteiger partial charge in [0.15, 0.2) is 5.76 Å². The number of rotatable bonds is 6. The van der Waals surface area contributed by atoms with Gasteiger partial charge in [0, 0.05) is 5.56 Å². The third-order valence-electron chi connectivity index (χ3n) is 4.31. The van der Waals surface area contributed by atoms with Crippen LogP contribution in [-0.4, -0.2) is 29.1 Å². The van der Waals surface area contributed by atoms with Crippen molar-refractivity contribution in [1.82, 2.24) is 4.98 Å². The van der Waals surface area contributed by atoms with E-state index in [4.69, 9.17) is 14.4 Å². The number of methoxy groups -OCH3 is 1. The van der Waals surface area contributed by atoms with Crippen molar-refractivity contribution in [2.45, 2.75) is 0 Å². The standard InChI is InChI=1S/C21H13N5O5S/c1-30-15-6-8-17-18(10-15)32-21(24-17)25(20(27)14-4-2-13(11-22)3-5-14)23-12-16-7-9-19(31-16)26(28)29/h2-10,12H,1H3/b23-12+. The highest BCUT2D eigenvalue weighted by molar-refractivity contribution is 7.22. The SMILES string of the molecule is COc1ccc2nc(N(/N=C/c3ccc([N+](=O)[O-])o3)C(=O)c3ccc(C#N)cc3)sc2c1. The molecule has 0 spiro atoms. The van der Waals surface area contributed by atoms with Gasteiger partial charge < -0.3 is 9.15 Å². The van der Waals surface area contributed by atoms with Crippen LogP contribution in [0.3, 0.4) is 0 Å². The number of nitro groups is 1. The predicted octanol–water partition coefficient (Wildman–Crippen LogP) is 4.36. The molecule has 158 valence electrons. The number of furan rings is 1. The Kier molecular flexibility index (Phi) is 5.61. The molecule has 0 aliphatic carbocycles. The lowest BCUT2D eigenvalue weighted by Gasteiger charge is -2.13. The zero-order chi connectivity index (χ0) is 22.7. The quantitative estimate of drug-likeness (QED) is 0.243. The number of thiazole rings is 1. The largest absolute Gasteiger partial charge is 0.497 e. The van der Waals surface area contributed by atoms with Gasteiger partial charge in [0.1, 0.15) is 10.7 Å². The zero-order valence-electron chi connectivity index (χ0n) is 16.5. The number of amides is 1. The van der Waals surface area contributed by atoms with Crippen molar-refractivity contribution < 1.29 is 18.9 Å². The number of hydrazone groups is 1. The summed E-state index contributed by atoms with van der Waals surface area (Å²) in [5.74, 6) is -0.206. The molecule has 4 aromatic rings. The lowest BCUT2D eigenvalue weighted by Crippen LogP contribution is -2.25. The Morgan fingerprint density at radius 1 is 1.28 bits per heavy atom. The van der Waals surface area contributed by atoms with Gasteiger partial charge in [-0.1, -0.05) is 11.3 Å². The van der Waals surface area contributed by atoms with E-state index in [1.54, 1.807) is 25.3 Å². The normalized spacial score (nSPS) is 10.9. The maximum atomic E-state index is 13.2. The number of carbonyl (C=O) groups excluding carboxylic acids is 1. The second-order valence-corrected chi connectivity index (χ2v) is 7.32. The minimum Gasteiger partial charge on any atom is -0.497 e. The van der Waals surface area contributed by atoms with Crippen LogP contribution < -0.4 is 9.75 Å². The molecule has 0 unspecified atom stereocenters. The highest BCUT2D eigenvalue weighted by Crippen LogP contribution is 2.32. The van der Waals surface area contributed by atoms with Crippen LogP contribution in [0.1, 0.15) is 21.7 Å². The molecule has 0 aliphatic rings. The monoisotopic (exact) mass is 447 g/mol. The summed E-state index contributed by atoms with van der Waals surface area (Å²) in [6.07, 6.45) is 1.20. The van der Waals surface area contributed by atoms with Crippen LogP contribution >= 0.6 is 11.3 Å². The fourth-order valence-corrected chi connectivity index (χ4v) is 3.68. The summed E-state index contributed by atoms with van der Waals surface area (Å²) in [5.41, 5.74) is 1.34. The van der Waals surface area contributed by atoms with Crippen molar-refractivity contribution >= 4 is 44.7 Å². The highest BCUT2D eigenvalue weighted by atomic mass is 32.1. The van der Waals surface area contributed by atoms with Gasteiger partial charge in [-0.2, -0.15) is 15.4 Å². The fourth-order valence-electron chi connectivity index (χ4n) is 2.73. The summed E-state index contributed by atoms with van der Waals surface area (Å²) < 4.78 is 11.1. The molecule has 0 radical (unpaired) electrons. The van der Waals surface area contributed by atoms with Gasteiger partial charge in [0.05, 0.1) is 41.2 Å². The zero-order valence-corrected chi connectivity index (χ0v) is 17.3. The lowest BCUT2D eigenvalue weighted by atomic mass is 10.1. The number of hydrogen-bond acceptors (Lipinski definition) is 9. The number of ether oxygens (including phenoxy) is 1. The average molecular weight is 447 g/mol. The van der Waals surface area contributed by atoms with Crippen molar-refractivity contribution in [2.24, 2.45) is 5.10 Å². The minimum atomic E-state index is -0.669. The summed E-state index contributed by atoms with van der Waals surface area (Å²) in [7, 11) is 1.55. The molecule has 11 heteroatoms. The summed E-state index contributed by atoms with van der Waals surface area (Å²) in [6, 6.07) is 15.9. The average Bonchev–Trinajstić information content (AvgIpc) is 3.46. The van der Waals surface area contributed by atoms with Gasteiger partial charge >= 0.3 is 5.88 Å². The van der Waals surface area contributed by atoms with E-state index in [1.807, 2.05) is 6.07 Å². The Labute approximate surface area is 184 Å². The van der Waals surface area contributed by atoms with Crippen LogP contribution in [0.2, 0.25) is 0 Å². The first-order valence-corrected chi connectivity index (χ1v) is 9.87. The number of nitriles is 1. The highest BCUT2D eigenvalue weighted by Gasteiger charge is 2.22. The van der Waals surface area contributed by atoms with Crippen molar-refractivity contribution in [2.75, 3.05) is 12.1 Å². The molecule has 10 nitrogen and oxygen atoms in total. The maximum Gasteiger partial charge on any atom is 0.433 e. The molecule has 0 saturated carbocycles. The van der Waals surface area contributed by atoms with E-state index in [2.05, 4.69) is 10.1 Å². The number of aromatic nitrogens is 1. The molecular weight excluding hydrogens is 434 g/mol. The summed E-state index contributed by atoms with van der Waals surface area (Å²) >= 11 is 1.22. The molecule has 0 saturated heterocycles. The van der Waals surface area contributed by atoms with Crippen molar-refractivity contribution in [3.05, 3.63) is 81.6 Å². The van der Waals surface area contributed by atoms with Gasteiger partial charge in [0.25, 0.3) is 5.91 Å². The third-order valence-corrected chi connectivity index (χ3v) is 5.31. The Hall–Kier alpha value is -4.56. The Bertz CT molecular complexity index is 1380. The summed E-state index contributed by atoms with van der Waals surface area (Å²) in [6.45, 7) is 0. The van der Waals surface area contributed by atoms with Gasteiger partial charge in [-0.25, -0.2) is 4.98 Å². The van der Waals surface area contributed by atoms with Crippen LogP contribution in [0.15, 0.2) is 64.1 Å². The van der Waals surface area contributed by atoms with Gasteiger partial charge in [-0.15, -0.1) is 0 Å². The third kappa shape index (κ3) is 4.16. The van der Waals surface area contributed by atoms with E-state index in [-0.39, 0.29) is 16.5 Å². The number of hydrogen-bond donors (Lipinski definition) is 0. The molecule has 32 heavy (non-hydrogen) atoms. The second kappa shape index (κ2) is 8.66. The van der Waals surface area contributed by atoms with E-state index in [9.17, 15) is 14.9 Å². The number of anilines is 1. The van der Waals surface area contributed by atoms with Gasteiger partial charge in [-0.05, 0) is 48.5 Å². The second-order valence-electron chi connectivity index (χ2n) is 6.31. The number of carbonyl (C=O) groups is 1. The topological polar surface area (TPSA) is 135 Å². The van der Waals surface area contributed by atoms with Crippen molar-refractivity contribution in [3.8, 4) is 11.8 Å². The first-order valence-electron chi connectivity index (χ1n) is 9.06.